The summed E-state index contributed by atoms with van der Waals surface area (Å²) in [6.45, 7) is 3.50. The summed E-state index contributed by atoms with van der Waals surface area (Å²) in [5, 5.41) is 5.39. The Bertz CT molecular complexity index is 1080. The maximum absolute atomic E-state index is 5.44. The molecule has 3 aromatic heterocycles. The number of hydrogen-bond donors (Lipinski definition) is 1. The van der Waals surface area contributed by atoms with Gasteiger partial charge in [-0.1, -0.05) is 12.1 Å². The van der Waals surface area contributed by atoms with Crippen molar-refractivity contribution < 1.29 is 4.74 Å². The number of rotatable bonds is 3. The van der Waals surface area contributed by atoms with Crippen molar-refractivity contribution in [3.63, 3.8) is 0 Å². The molecule has 1 aromatic carbocycles. The molecule has 0 unspecified atom stereocenters. The van der Waals surface area contributed by atoms with Gasteiger partial charge in [-0.3, -0.25) is 4.68 Å². The highest BCUT2D eigenvalue weighted by molar-refractivity contribution is 5.95. The van der Waals surface area contributed by atoms with Crippen molar-refractivity contribution in [1.29, 1.82) is 0 Å². The summed E-state index contributed by atoms with van der Waals surface area (Å²) in [5.41, 5.74) is 6.62. The van der Waals surface area contributed by atoms with Crippen LogP contribution in [-0.2, 0) is 11.8 Å². The number of pyridine rings is 1. The number of nitrogens with zero attached hydrogens (tertiary/aromatic N) is 4. The lowest BCUT2D eigenvalue weighted by Crippen LogP contribution is -2.36. The van der Waals surface area contributed by atoms with E-state index in [2.05, 4.69) is 50.3 Å². The number of aryl methyl sites for hydroxylation is 1. The average molecular weight is 370 g/mol. The highest BCUT2D eigenvalue weighted by Gasteiger charge is 2.13. The quantitative estimate of drug-likeness (QED) is 0.563. The number of benzene rings is 1. The van der Waals surface area contributed by atoms with Gasteiger partial charge in [-0.15, -0.1) is 0 Å². The zero-order chi connectivity index (χ0) is 18.2. The third kappa shape index (κ3) is 3.29. The van der Waals surface area contributed by atoms with E-state index in [0.717, 1.165) is 54.0 Å². The fourth-order valence-corrected chi connectivity index (χ4v) is 3.65. The predicted octanol–water partition coefficient (Wildman–Crippen LogP) is 3.09. The first-order chi connectivity index (χ1) is 13.3. The molecule has 1 saturated heterocycles. The van der Waals surface area contributed by atoms with Gasteiger partial charge in [0.15, 0.2) is 0 Å². The Morgan fingerprint density at radius 3 is 2.50 bits per heavy atom. The molecule has 0 amide bonds. The van der Waals surface area contributed by atoms with Gasteiger partial charge in [-0.25, -0.2) is 4.98 Å². The number of H-pyrrole nitrogens is 1. The van der Waals surface area contributed by atoms with Gasteiger partial charge in [0.25, 0.3) is 0 Å². The lowest BCUT2D eigenvalue weighted by Gasteiger charge is -2.28. The number of fused-ring (bicyclic) bond motifs is 1. The molecule has 1 aliphatic heterocycles. The summed E-state index contributed by atoms with van der Waals surface area (Å²) in [7, 11) is 1.93. The van der Waals surface area contributed by atoms with E-state index >= 15 is 0 Å². The predicted molar refractivity (Wildman–Crippen MR) is 113 cm³/mol. The molecule has 0 bridgehead atoms. The minimum atomic E-state index is 0. The van der Waals surface area contributed by atoms with Crippen LogP contribution in [0.5, 0.6) is 0 Å². The molecule has 5 rings (SSSR count). The summed E-state index contributed by atoms with van der Waals surface area (Å²) in [6, 6.07) is 10.9. The van der Waals surface area contributed by atoms with Gasteiger partial charge >= 0.3 is 0 Å². The molecule has 0 atom stereocenters. The first-order valence-corrected chi connectivity index (χ1v) is 9.17. The largest absolute Gasteiger partial charge is 0.378 e. The van der Waals surface area contributed by atoms with Crippen LogP contribution in [-0.4, -0.2) is 54.5 Å². The number of aromatic amines is 1. The van der Waals surface area contributed by atoms with Gasteiger partial charge in [0.05, 0.1) is 19.4 Å². The maximum atomic E-state index is 5.44. The van der Waals surface area contributed by atoms with Crippen LogP contribution >= 0.6 is 0 Å². The zero-order valence-corrected chi connectivity index (χ0v) is 15.8. The van der Waals surface area contributed by atoms with Gasteiger partial charge in [0.2, 0.25) is 0 Å². The highest BCUT2D eigenvalue weighted by atomic mass is 16.5. The highest BCUT2D eigenvalue weighted by Crippen LogP contribution is 2.31. The van der Waals surface area contributed by atoms with Gasteiger partial charge in [-0.05, 0) is 23.8 Å². The Kier molecular flexibility index (Phi) is 4.92. The van der Waals surface area contributed by atoms with Crippen LogP contribution in [0.4, 0.5) is 5.69 Å². The smallest absolute Gasteiger partial charge is 0.137 e. The van der Waals surface area contributed by atoms with Crippen molar-refractivity contribution in [1.82, 2.24) is 19.7 Å². The summed E-state index contributed by atoms with van der Waals surface area (Å²) in [6.07, 6.45) is 7.83. The third-order valence-electron chi connectivity index (χ3n) is 5.12. The lowest BCUT2D eigenvalue weighted by molar-refractivity contribution is 0.122. The lowest BCUT2D eigenvalue weighted by atomic mass is 10.0. The van der Waals surface area contributed by atoms with Crippen LogP contribution in [0.15, 0.2) is 55.1 Å². The summed E-state index contributed by atoms with van der Waals surface area (Å²) < 4.78 is 7.25. The molecule has 28 heavy (non-hydrogen) atoms. The summed E-state index contributed by atoms with van der Waals surface area (Å²) >= 11 is 0. The molecule has 1 fully saturated rings. The minimum absolute atomic E-state index is 0. The second kappa shape index (κ2) is 7.52. The minimum Gasteiger partial charge on any atom is -0.378 e. The molecule has 1 N–H and O–H groups in total. The number of aromatic nitrogens is 4. The Hall–Kier alpha value is -3.06. The second-order valence-corrected chi connectivity index (χ2v) is 6.87. The van der Waals surface area contributed by atoms with E-state index in [1.807, 2.05) is 36.5 Å². The fourth-order valence-electron chi connectivity index (χ4n) is 3.65. The Morgan fingerprint density at radius 2 is 1.79 bits per heavy atom. The van der Waals surface area contributed by atoms with Crippen molar-refractivity contribution in [3.05, 3.63) is 55.1 Å². The Balaban J connectivity index is 0.00000192. The first kappa shape index (κ1) is 18.3. The fraction of sp³-hybridized carbons (Fsp3) is 0.238. The van der Waals surface area contributed by atoms with Gasteiger partial charge < -0.3 is 14.6 Å². The van der Waals surface area contributed by atoms with Gasteiger partial charge in [0, 0.05) is 74.9 Å². The molecule has 3 radical (unpaired) electrons. The van der Waals surface area contributed by atoms with E-state index in [1.54, 1.807) is 0 Å². The molecule has 4 aromatic rings. The normalized spacial score (nSPS) is 14.2. The number of morpholine rings is 1. The molecule has 7 heteroatoms. The van der Waals surface area contributed by atoms with Crippen molar-refractivity contribution in [2.75, 3.05) is 31.2 Å². The summed E-state index contributed by atoms with van der Waals surface area (Å²) in [5.74, 6) is 0. The second-order valence-electron chi connectivity index (χ2n) is 6.87. The van der Waals surface area contributed by atoms with E-state index in [-0.39, 0.29) is 8.41 Å². The molecular weight excluding hydrogens is 349 g/mol. The number of nitrogens with one attached hydrogen (secondary N) is 1. The molecular formula is C21H21BN5O. The van der Waals surface area contributed by atoms with Crippen LogP contribution < -0.4 is 4.90 Å². The maximum Gasteiger partial charge on any atom is 0.137 e. The van der Waals surface area contributed by atoms with Gasteiger partial charge in [0.1, 0.15) is 5.65 Å². The molecule has 139 valence electrons. The Morgan fingerprint density at radius 1 is 1.00 bits per heavy atom. The van der Waals surface area contributed by atoms with Crippen molar-refractivity contribution in [3.8, 4) is 22.3 Å². The van der Waals surface area contributed by atoms with Crippen molar-refractivity contribution in [2.45, 2.75) is 0 Å². The van der Waals surface area contributed by atoms with Gasteiger partial charge in [-0.2, -0.15) is 5.10 Å². The molecule has 1 aliphatic rings. The number of ether oxygens (including phenoxy) is 1. The molecule has 4 heterocycles. The zero-order valence-electron chi connectivity index (χ0n) is 15.8. The van der Waals surface area contributed by atoms with Crippen LogP contribution in [0.2, 0.25) is 0 Å². The van der Waals surface area contributed by atoms with Crippen molar-refractivity contribution >= 4 is 25.1 Å². The molecule has 0 aliphatic carbocycles. The summed E-state index contributed by atoms with van der Waals surface area (Å²) in [4.78, 5) is 10.2. The SMILES string of the molecule is Cn1cc(-c2c[nH]c3ncc(-c4ccc(N5CCOCC5)cc4)cc23)cn1.[B]. The average Bonchev–Trinajstić information content (AvgIpc) is 3.34. The van der Waals surface area contributed by atoms with E-state index in [0.29, 0.717) is 0 Å². The monoisotopic (exact) mass is 370 g/mol. The van der Waals surface area contributed by atoms with Crippen LogP contribution in [0, 0.1) is 0 Å². The van der Waals surface area contributed by atoms with Crippen LogP contribution in [0.25, 0.3) is 33.3 Å². The number of anilines is 1. The third-order valence-corrected chi connectivity index (χ3v) is 5.12. The van der Waals surface area contributed by atoms with E-state index in [9.17, 15) is 0 Å². The topological polar surface area (TPSA) is 59.0 Å². The van der Waals surface area contributed by atoms with E-state index in [4.69, 9.17) is 4.74 Å². The van der Waals surface area contributed by atoms with Crippen molar-refractivity contribution in [2.24, 2.45) is 7.05 Å². The van der Waals surface area contributed by atoms with E-state index < -0.39 is 0 Å². The molecule has 0 saturated carbocycles. The Labute approximate surface area is 165 Å². The van der Waals surface area contributed by atoms with Crippen LogP contribution in [0.3, 0.4) is 0 Å². The standard InChI is InChI=1S/C21H21N5O.B/c1-25-14-17(12-24-25)20-13-23-21-19(20)10-16(11-22-21)15-2-4-18(5-3-15)26-6-8-27-9-7-26;/h2-5,10-14H,6-9H2,1H3,(H,22,23);. The van der Waals surface area contributed by atoms with Crippen LogP contribution in [0.1, 0.15) is 0 Å². The molecule has 0 spiro atoms. The first-order valence-electron chi connectivity index (χ1n) is 9.17. The molecule has 6 nitrogen and oxygen atoms in total. The number of hydrogen-bond acceptors (Lipinski definition) is 4. The van der Waals surface area contributed by atoms with E-state index in [1.165, 1.54) is 11.3 Å².